The molecule has 1 aliphatic rings. The van der Waals surface area contributed by atoms with E-state index >= 15 is 0 Å². The van der Waals surface area contributed by atoms with Crippen molar-refractivity contribution in [2.45, 2.75) is 37.8 Å². The van der Waals surface area contributed by atoms with Crippen molar-refractivity contribution in [2.24, 2.45) is 0 Å². The summed E-state index contributed by atoms with van der Waals surface area (Å²) in [4.78, 5) is 6.80. The Morgan fingerprint density at radius 2 is 1.94 bits per heavy atom. The van der Waals surface area contributed by atoms with Crippen molar-refractivity contribution in [1.82, 2.24) is 15.2 Å². The van der Waals surface area contributed by atoms with Gasteiger partial charge < -0.3 is 20.1 Å². The Labute approximate surface area is 185 Å². The predicted octanol–water partition coefficient (Wildman–Crippen LogP) is 3.96. The van der Waals surface area contributed by atoms with Gasteiger partial charge in [-0.2, -0.15) is 0 Å². The zero-order valence-corrected chi connectivity index (χ0v) is 18.3. The van der Waals surface area contributed by atoms with E-state index < -0.39 is 6.10 Å². The van der Waals surface area contributed by atoms with Crippen LogP contribution in [0.15, 0.2) is 60.8 Å². The number of piperidine rings is 1. The van der Waals surface area contributed by atoms with Gasteiger partial charge in [0.15, 0.2) is 0 Å². The van der Waals surface area contributed by atoms with Crippen LogP contribution in [0.2, 0.25) is 0 Å². The molecular formula is C26H33N3O2. The lowest BCUT2D eigenvalue weighted by Crippen LogP contribution is -2.44. The number of aliphatic hydroxyl groups excluding tert-OH is 1. The quantitative estimate of drug-likeness (QED) is 0.514. The fourth-order valence-corrected chi connectivity index (χ4v) is 4.47. The van der Waals surface area contributed by atoms with Crippen LogP contribution in [0.5, 0.6) is 5.75 Å². The highest BCUT2D eigenvalue weighted by Crippen LogP contribution is 2.27. The second-order valence-electron chi connectivity index (χ2n) is 8.42. The van der Waals surface area contributed by atoms with Gasteiger partial charge in [-0.15, -0.1) is 0 Å². The normalized spacial score (nSPS) is 16.5. The third-order valence-electron chi connectivity index (χ3n) is 6.28. The van der Waals surface area contributed by atoms with E-state index in [0.29, 0.717) is 12.6 Å². The fraction of sp³-hybridized carbons (Fsp3) is 0.423. The molecule has 3 aromatic rings. The van der Waals surface area contributed by atoms with Crippen LogP contribution >= 0.6 is 0 Å². The number of methoxy groups -OCH3 is 1. The number of pyridine rings is 1. The summed E-state index contributed by atoms with van der Waals surface area (Å²) in [7, 11) is 1.66. The van der Waals surface area contributed by atoms with Crippen LogP contribution in [0.4, 0.5) is 0 Å². The van der Waals surface area contributed by atoms with Gasteiger partial charge in [0.25, 0.3) is 0 Å². The van der Waals surface area contributed by atoms with Gasteiger partial charge >= 0.3 is 0 Å². The van der Waals surface area contributed by atoms with E-state index in [4.69, 9.17) is 4.74 Å². The standard InChI is InChI=1S/C26H33N3O2/c1-31-22-9-10-25-24(18-22)23(11-15-28-25)26(30)19-29-16-12-21(13-17-29)27-14-5-8-20-6-3-2-4-7-20/h2-4,6-7,9-11,15,18,21,26-27,30H,5,8,12-14,16-17,19H2,1H3/t26-/m0/s1. The second-order valence-corrected chi connectivity index (χ2v) is 8.42. The summed E-state index contributed by atoms with van der Waals surface area (Å²) in [6.45, 7) is 3.74. The van der Waals surface area contributed by atoms with E-state index in [2.05, 4.69) is 45.5 Å². The van der Waals surface area contributed by atoms with Crippen molar-refractivity contribution in [1.29, 1.82) is 0 Å². The molecule has 0 bridgehead atoms. The van der Waals surface area contributed by atoms with Gasteiger partial charge in [-0.1, -0.05) is 30.3 Å². The molecule has 1 atom stereocenters. The largest absolute Gasteiger partial charge is 0.497 e. The molecule has 1 fully saturated rings. The number of ether oxygens (including phenoxy) is 1. The molecule has 4 rings (SSSR count). The van der Waals surface area contributed by atoms with Crippen molar-refractivity contribution >= 4 is 10.9 Å². The summed E-state index contributed by atoms with van der Waals surface area (Å²) in [5.74, 6) is 0.785. The molecule has 31 heavy (non-hydrogen) atoms. The number of benzene rings is 2. The number of aromatic nitrogens is 1. The lowest BCUT2D eigenvalue weighted by Gasteiger charge is -2.33. The number of nitrogens with one attached hydrogen (secondary N) is 1. The van der Waals surface area contributed by atoms with Gasteiger partial charge in [-0.25, -0.2) is 0 Å². The van der Waals surface area contributed by atoms with Crippen molar-refractivity contribution in [2.75, 3.05) is 33.3 Å². The highest BCUT2D eigenvalue weighted by molar-refractivity contribution is 5.83. The Balaban J connectivity index is 1.24. The molecule has 0 unspecified atom stereocenters. The van der Waals surface area contributed by atoms with Crippen LogP contribution in [0, 0.1) is 0 Å². The maximum Gasteiger partial charge on any atom is 0.119 e. The minimum atomic E-state index is -0.534. The molecule has 164 valence electrons. The van der Waals surface area contributed by atoms with Crippen molar-refractivity contribution in [3.8, 4) is 5.75 Å². The van der Waals surface area contributed by atoms with Crippen molar-refractivity contribution < 1.29 is 9.84 Å². The SMILES string of the molecule is COc1ccc2nccc([C@@H](O)CN3CCC(NCCCc4ccccc4)CC3)c2c1. The van der Waals surface area contributed by atoms with Gasteiger partial charge in [0.05, 0.1) is 18.7 Å². The van der Waals surface area contributed by atoms with E-state index in [9.17, 15) is 5.11 Å². The topological polar surface area (TPSA) is 57.6 Å². The molecular weight excluding hydrogens is 386 g/mol. The van der Waals surface area contributed by atoms with Gasteiger partial charge in [0.1, 0.15) is 5.75 Å². The Kier molecular flexibility index (Phi) is 7.52. The van der Waals surface area contributed by atoms with Gasteiger partial charge in [0.2, 0.25) is 0 Å². The fourth-order valence-electron chi connectivity index (χ4n) is 4.47. The number of β-amino-alcohol motifs (C(OH)–C–C–N with tert-alkyl or cyclic N) is 1. The van der Waals surface area contributed by atoms with E-state index in [-0.39, 0.29) is 0 Å². The molecule has 2 heterocycles. The zero-order chi connectivity index (χ0) is 21.5. The molecule has 2 N–H and O–H groups in total. The Morgan fingerprint density at radius 1 is 1.13 bits per heavy atom. The molecule has 0 radical (unpaired) electrons. The third-order valence-corrected chi connectivity index (χ3v) is 6.28. The first-order valence-electron chi connectivity index (χ1n) is 11.3. The monoisotopic (exact) mass is 419 g/mol. The number of hydrogen-bond donors (Lipinski definition) is 2. The number of aryl methyl sites for hydroxylation is 1. The Hall–Kier alpha value is -2.47. The molecule has 1 aliphatic heterocycles. The van der Waals surface area contributed by atoms with Crippen LogP contribution in [0.25, 0.3) is 10.9 Å². The lowest BCUT2D eigenvalue weighted by molar-refractivity contribution is 0.0950. The first-order chi connectivity index (χ1) is 15.2. The second kappa shape index (κ2) is 10.7. The molecule has 0 aliphatic carbocycles. The lowest BCUT2D eigenvalue weighted by atomic mass is 10.0. The average molecular weight is 420 g/mol. The van der Waals surface area contributed by atoms with Crippen LogP contribution in [0.3, 0.4) is 0 Å². The summed E-state index contributed by atoms with van der Waals surface area (Å²) in [5, 5.41) is 15.6. The summed E-state index contributed by atoms with van der Waals surface area (Å²) in [6.07, 6.45) is 5.80. The maximum atomic E-state index is 11.0. The van der Waals surface area contributed by atoms with Gasteiger partial charge in [-0.05, 0) is 80.7 Å². The van der Waals surface area contributed by atoms with Crippen LogP contribution in [-0.4, -0.2) is 54.3 Å². The zero-order valence-electron chi connectivity index (χ0n) is 18.3. The molecule has 5 heteroatoms. The summed E-state index contributed by atoms with van der Waals surface area (Å²) < 4.78 is 5.36. The molecule has 2 aromatic carbocycles. The molecule has 0 spiro atoms. The van der Waals surface area contributed by atoms with Crippen molar-refractivity contribution in [3.63, 3.8) is 0 Å². The average Bonchev–Trinajstić information content (AvgIpc) is 2.82. The van der Waals surface area contributed by atoms with Gasteiger partial charge in [0, 0.05) is 24.2 Å². The van der Waals surface area contributed by atoms with E-state index in [1.54, 1.807) is 13.3 Å². The molecule has 1 aromatic heterocycles. The highest BCUT2D eigenvalue weighted by atomic mass is 16.5. The molecule has 5 nitrogen and oxygen atoms in total. The number of likely N-dealkylation sites (tertiary alicyclic amines) is 1. The number of rotatable bonds is 9. The smallest absolute Gasteiger partial charge is 0.119 e. The van der Waals surface area contributed by atoms with Crippen molar-refractivity contribution in [3.05, 3.63) is 71.9 Å². The summed E-state index contributed by atoms with van der Waals surface area (Å²) >= 11 is 0. The van der Waals surface area contributed by atoms with E-state index in [0.717, 1.165) is 61.1 Å². The predicted molar refractivity (Wildman–Crippen MR) is 125 cm³/mol. The molecule has 0 saturated carbocycles. The number of nitrogens with zero attached hydrogens (tertiary/aromatic N) is 2. The number of aliphatic hydroxyl groups is 1. The summed E-state index contributed by atoms with van der Waals surface area (Å²) in [6, 6.07) is 19.0. The van der Waals surface area contributed by atoms with Crippen LogP contribution in [-0.2, 0) is 6.42 Å². The van der Waals surface area contributed by atoms with Gasteiger partial charge in [-0.3, -0.25) is 4.98 Å². The van der Waals surface area contributed by atoms with E-state index in [1.807, 2.05) is 24.3 Å². The molecule has 1 saturated heterocycles. The first kappa shape index (κ1) is 21.8. The third kappa shape index (κ3) is 5.82. The number of fused-ring (bicyclic) bond motifs is 1. The maximum absolute atomic E-state index is 11.0. The molecule has 0 amide bonds. The van der Waals surface area contributed by atoms with Crippen LogP contribution < -0.4 is 10.1 Å². The highest BCUT2D eigenvalue weighted by Gasteiger charge is 2.22. The summed E-state index contributed by atoms with van der Waals surface area (Å²) in [5.41, 5.74) is 3.22. The minimum Gasteiger partial charge on any atom is -0.497 e. The first-order valence-corrected chi connectivity index (χ1v) is 11.3. The number of hydrogen-bond acceptors (Lipinski definition) is 5. The Bertz CT molecular complexity index is 955. The van der Waals surface area contributed by atoms with Crippen LogP contribution in [0.1, 0.15) is 36.5 Å². The van der Waals surface area contributed by atoms with E-state index in [1.165, 1.54) is 12.0 Å². The Morgan fingerprint density at radius 3 is 2.71 bits per heavy atom. The minimum absolute atomic E-state index is 0.534.